The highest BCUT2D eigenvalue weighted by Gasteiger charge is 2.20. The van der Waals surface area contributed by atoms with E-state index >= 15 is 0 Å². The number of fused-ring (bicyclic) bond motifs is 1. The Morgan fingerprint density at radius 2 is 2.10 bits per heavy atom. The van der Waals surface area contributed by atoms with Gasteiger partial charge in [-0.2, -0.15) is 5.26 Å². The monoisotopic (exact) mass is 268 g/mol. The van der Waals surface area contributed by atoms with Crippen molar-refractivity contribution in [2.45, 2.75) is 19.4 Å². The number of nitriles is 1. The molecule has 5 heteroatoms. The molecule has 0 radical (unpaired) electrons. The largest absolute Gasteiger partial charge is 0.383 e. The van der Waals surface area contributed by atoms with E-state index in [1.165, 1.54) is 6.20 Å². The van der Waals surface area contributed by atoms with Crippen molar-refractivity contribution in [3.8, 4) is 6.07 Å². The summed E-state index contributed by atoms with van der Waals surface area (Å²) in [6, 6.07) is 9.33. The zero-order valence-corrected chi connectivity index (χ0v) is 11.5. The molecule has 1 unspecified atom stereocenters. The first-order valence-electron chi connectivity index (χ1n) is 6.33. The topological polar surface area (TPSA) is 83.0 Å². The molecular formula is C15H16N4O. The number of aromatic nitrogens is 1. The van der Waals surface area contributed by atoms with Gasteiger partial charge in [0, 0.05) is 24.7 Å². The molecule has 20 heavy (non-hydrogen) atoms. The summed E-state index contributed by atoms with van der Waals surface area (Å²) in [5.74, 6) is 0.251. The minimum Gasteiger partial charge on any atom is -0.383 e. The second-order valence-electron chi connectivity index (χ2n) is 4.73. The quantitative estimate of drug-likeness (QED) is 0.924. The van der Waals surface area contributed by atoms with Crippen LogP contribution in [0.15, 0.2) is 30.5 Å². The molecule has 0 saturated heterocycles. The van der Waals surface area contributed by atoms with Crippen LogP contribution in [-0.2, 0) is 0 Å². The lowest BCUT2D eigenvalue weighted by Crippen LogP contribution is -2.35. The number of nitrogens with zero attached hydrogens (tertiary/aromatic N) is 3. The summed E-state index contributed by atoms with van der Waals surface area (Å²) in [5.41, 5.74) is 6.33. The van der Waals surface area contributed by atoms with Crippen molar-refractivity contribution in [3.63, 3.8) is 0 Å². The Morgan fingerprint density at radius 1 is 1.45 bits per heavy atom. The first-order valence-corrected chi connectivity index (χ1v) is 6.33. The third-order valence-electron chi connectivity index (χ3n) is 3.42. The van der Waals surface area contributed by atoms with Gasteiger partial charge >= 0.3 is 0 Å². The number of benzene rings is 1. The maximum Gasteiger partial charge on any atom is 0.256 e. The van der Waals surface area contributed by atoms with Crippen molar-refractivity contribution in [2.24, 2.45) is 0 Å². The van der Waals surface area contributed by atoms with E-state index in [1.54, 1.807) is 11.9 Å². The van der Waals surface area contributed by atoms with Gasteiger partial charge in [-0.3, -0.25) is 4.79 Å². The molecule has 0 bridgehead atoms. The molecule has 0 spiro atoms. The molecule has 0 fully saturated rings. The van der Waals surface area contributed by atoms with E-state index in [-0.39, 0.29) is 11.9 Å². The molecule has 1 heterocycles. The molecule has 0 aliphatic carbocycles. The van der Waals surface area contributed by atoms with Crippen LogP contribution in [0.5, 0.6) is 0 Å². The molecule has 5 nitrogen and oxygen atoms in total. The number of carbonyl (C=O) groups excluding carboxylic acids is 1. The second-order valence-corrected chi connectivity index (χ2v) is 4.73. The Kier molecular flexibility index (Phi) is 3.85. The zero-order chi connectivity index (χ0) is 14.7. The summed E-state index contributed by atoms with van der Waals surface area (Å²) in [6.45, 7) is 1.84. The smallest absolute Gasteiger partial charge is 0.256 e. The van der Waals surface area contributed by atoms with Crippen LogP contribution in [0, 0.1) is 11.3 Å². The molecule has 2 aromatic rings. The van der Waals surface area contributed by atoms with Crippen molar-refractivity contribution >= 4 is 22.5 Å². The van der Waals surface area contributed by atoms with Crippen LogP contribution in [0.4, 0.5) is 5.82 Å². The zero-order valence-electron chi connectivity index (χ0n) is 11.5. The Balaban J connectivity index is 2.46. The highest BCUT2D eigenvalue weighted by Crippen LogP contribution is 2.23. The van der Waals surface area contributed by atoms with E-state index < -0.39 is 0 Å². The molecule has 2 N–H and O–H groups in total. The van der Waals surface area contributed by atoms with Gasteiger partial charge < -0.3 is 10.6 Å². The molecular weight excluding hydrogens is 252 g/mol. The van der Waals surface area contributed by atoms with E-state index in [1.807, 2.05) is 31.2 Å². The van der Waals surface area contributed by atoms with Crippen LogP contribution >= 0.6 is 0 Å². The number of carbonyl (C=O) groups is 1. The summed E-state index contributed by atoms with van der Waals surface area (Å²) in [5, 5.41) is 10.3. The molecule has 1 aromatic carbocycles. The van der Waals surface area contributed by atoms with Crippen LogP contribution < -0.4 is 5.73 Å². The number of nitrogens with two attached hydrogens (primary N) is 1. The van der Waals surface area contributed by atoms with Gasteiger partial charge in [-0.1, -0.05) is 24.3 Å². The van der Waals surface area contributed by atoms with Gasteiger partial charge in [-0.05, 0) is 12.3 Å². The highest BCUT2D eigenvalue weighted by atomic mass is 16.2. The van der Waals surface area contributed by atoms with Gasteiger partial charge in [0.05, 0.1) is 18.1 Å². The molecule has 0 aliphatic rings. The van der Waals surface area contributed by atoms with E-state index in [0.29, 0.717) is 17.8 Å². The average molecular weight is 268 g/mol. The lowest BCUT2D eigenvalue weighted by molar-refractivity contribution is 0.0748. The minimum absolute atomic E-state index is 0.149. The Hall–Kier alpha value is -2.61. The van der Waals surface area contributed by atoms with Crippen LogP contribution in [-0.4, -0.2) is 28.9 Å². The lowest BCUT2D eigenvalue weighted by Gasteiger charge is -2.23. The van der Waals surface area contributed by atoms with Crippen LogP contribution in [0.25, 0.3) is 10.8 Å². The van der Waals surface area contributed by atoms with Gasteiger partial charge in [0.2, 0.25) is 0 Å². The second kappa shape index (κ2) is 5.57. The maximum atomic E-state index is 12.5. The fourth-order valence-corrected chi connectivity index (χ4v) is 2.04. The van der Waals surface area contributed by atoms with Gasteiger partial charge in [0.25, 0.3) is 5.91 Å². The van der Waals surface area contributed by atoms with E-state index in [0.717, 1.165) is 10.8 Å². The summed E-state index contributed by atoms with van der Waals surface area (Å²) < 4.78 is 0. The Morgan fingerprint density at radius 3 is 2.75 bits per heavy atom. The molecule has 1 aromatic heterocycles. The number of hydrogen-bond donors (Lipinski definition) is 1. The average Bonchev–Trinajstić information content (AvgIpc) is 2.47. The van der Waals surface area contributed by atoms with E-state index in [2.05, 4.69) is 11.1 Å². The molecule has 2 rings (SSSR count). The number of rotatable bonds is 3. The molecule has 102 valence electrons. The Labute approximate surface area is 117 Å². The first-order chi connectivity index (χ1) is 9.56. The summed E-state index contributed by atoms with van der Waals surface area (Å²) in [6.07, 6.45) is 1.79. The van der Waals surface area contributed by atoms with Crippen LogP contribution in [0.1, 0.15) is 23.7 Å². The standard InChI is InChI=1S/C15H16N4O/c1-10(7-8-16)19(2)15(20)13-9-18-14(17)12-6-4-3-5-11(12)13/h3-6,9-10H,7H2,1-2H3,(H2,17,18). The maximum absolute atomic E-state index is 12.5. The summed E-state index contributed by atoms with van der Waals surface area (Å²) in [7, 11) is 1.69. The van der Waals surface area contributed by atoms with Crippen molar-refractivity contribution in [1.82, 2.24) is 9.88 Å². The minimum atomic E-state index is -0.156. The number of hydrogen-bond acceptors (Lipinski definition) is 4. The number of nitrogen functional groups attached to an aromatic ring is 1. The fourth-order valence-electron chi connectivity index (χ4n) is 2.04. The molecule has 0 saturated carbocycles. The van der Waals surface area contributed by atoms with Gasteiger partial charge in [0.15, 0.2) is 0 Å². The van der Waals surface area contributed by atoms with Crippen molar-refractivity contribution < 1.29 is 4.79 Å². The summed E-state index contributed by atoms with van der Waals surface area (Å²) >= 11 is 0. The van der Waals surface area contributed by atoms with E-state index in [9.17, 15) is 4.79 Å². The van der Waals surface area contributed by atoms with Crippen molar-refractivity contribution in [1.29, 1.82) is 5.26 Å². The highest BCUT2D eigenvalue weighted by molar-refractivity contribution is 6.08. The van der Waals surface area contributed by atoms with Crippen molar-refractivity contribution in [2.75, 3.05) is 12.8 Å². The fraction of sp³-hybridized carbons (Fsp3) is 0.267. The SMILES string of the molecule is CC(CC#N)N(C)C(=O)c1cnc(N)c2ccccc12. The van der Waals surface area contributed by atoms with Crippen LogP contribution in [0.2, 0.25) is 0 Å². The number of amides is 1. The predicted molar refractivity (Wildman–Crippen MR) is 77.9 cm³/mol. The van der Waals surface area contributed by atoms with E-state index in [4.69, 9.17) is 11.0 Å². The molecule has 1 atom stereocenters. The van der Waals surface area contributed by atoms with Crippen LogP contribution in [0.3, 0.4) is 0 Å². The predicted octanol–water partition coefficient (Wildman–Crippen LogP) is 2.19. The molecule has 0 aliphatic heterocycles. The lowest BCUT2D eigenvalue weighted by atomic mass is 10.1. The third kappa shape index (κ3) is 2.41. The van der Waals surface area contributed by atoms with Gasteiger partial charge in [0.1, 0.15) is 5.82 Å². The van der Waals surface area contributed by atoms with Crippen molar-refractivity contribution in [3.05, 3.63) is 36.0 Å². The number of anilines is 1. The molecule has 1 amide bonds. The van der Waals surface area contributed by atoms with Gasteiger partial charge in [-0.15, -0.1) is 0 Å². The van der Waals surface area contributed by atoms with Gasteiger partial charge in [-0.25, -0.2) is 4.98 Å². The number of pyridine rings is 1. The normalized spacial score (nSPS) is 11.8. The summed E-state index contributed by atoms with van der Waals surface area (Å²) in [4.78, 5) is 18.2. The third-order valence-corrected chi connectivity index (χ3v) is 3.42. The Bertz CT molecular complexity index is 690. The first kappa shape index (κ1) is 13.8.